The number of rotatable bonds is 3. The van der Waals surface area contributed by atoms with E-state index in [9.17, 15) is 18.0 Å². The molecule has 0 radical (unpaired) electrons. The molecule has 2 nitrogen and oxygen atoms in total. The third kappa shape index (κ3) is 4.21. The van der Waals surface area contributed by atoms with Crippen LogP contribution in [0.2, 0.25) is 0 Å². The fraction of sp³-hybridized carbons (Fsp3) is 0.0625. The molecule has 0 fully saturated rings. The first-order valence-corrected chi connectivity index (χ1v) is 6.16. The van der Waals surface area contributed by atoms with Gasteiger partial charge in [-0.15, -0.1) is 0 Å². The van der Waals surface area contributed by atoms with Gasteiger partial charge >= 0.3 is 6.18 Å². The first kappa shape index (κ1) is 14.8. The Hall–Kier alpha value is -2.56. The van der Waals surface area contributed by atoms with Crippen molar-refractivity contribution >= 4 is 12.0 Å². The molecule has 0 aromatic heterocycles. The molecule has 108 valence electrons. The van der Waals surface area contributed by atoms with Gasteiger partial charge < -0.3 is 5.32 Å². The van der Waals surface area contributed by atoms with Gasteiger partial charge in [-0.25, -0.2) is 0 Å². The lowest BCUT2D eigenvalue weighted by Gasteiger charge is -2.06. The van der Waals surface area contributed by atoms with Gasteiger partial charge in [0.2, 0.25) is 0 Å². The maximum Gasteiger partial charge on any atom is 0.416 e. The van der Waals surface area contributed by atoms with Crippen LogP contribution in [0.25, 0.3) is 6.08 Å². The van der Waals surface area contributed by atoms with E-state index in [2.05, 4.69) is 5.32 Å². The van der Waals surface area contributed by atoms with Crippen LogP contribution < -0.4 is 5.32 Å². The van der Waals surface area contributed by atoms with Crippen molar-refractivity contribution < 1.29 is 18.0 Å². The molecule has 1 N–H and O–H groups in total. The Morgan fingerprint density at radius 2 is 1.57 bits per heavy atom. The van der Waals surface area contributed by atoms with E-state index >= 15 is 0 Å². The summed E-state index contributed by atoms with van der Waals surface area (Å²) >= 11 is 0. The molecule has 0 saturated heterocycles. The molecule has 0 spiro atoms. The zero-order valence-corrected chi connectivity index (χ0v) is 10.9. The fourth-order valence-electron chi connectivity index (χ4n) is 1.67. The van der Waals surface area contributed by atoms with E-state index in [4.69, 9.17) is 0 Å². The molecule has 21 heavy (non-hydrogen) atoms. The summed E-state index contributed by atoms with van der Waals surface area (Å²) < 4.78 is 37.2. The van der Waals surface area contributed by atoms with Crippen LogP contribution in [0.1, 0.15) is 21.5 Å². The van der Waals surface area contributed by atoms with E-state index in [0.717, 1.165) is 12.1 Å². The summed E-state index contributed by atoms with van der Waals surface area (Å²) in [6.07, 6.45) is -1.41. The van der Waals surface area contributed by atoms with Gasteiger partial charge in [0.25, 0.3) is 5.91 Å². The Bertz CT molecular complexity index is 631. The van der Waals surface area contributed by atoms with Crippen molar-refractivity contribution in [3.8, 4) is 0 Å². The van der Waals surface area contributed by atoms with Gasteiger partial charge in [-0.3, -0.25) is 4.79 Å². The Balaban J connectivity index is 1.97. The fourth-order valence-corrected chi connectivity index (χ4v) is 1.67. The number of hydrogen-bond acceptors (Lipinski definition) is 1. The highest BCUT2D eigenvalue weighted by molar-refractivity contribution is 5.95. The molecule has 0 atom stereocenters. The number of halogens is 3. The molecule has 0 aliphatic heterocycles. The van der Waals surface area contributed by atoms with Gasteiger partial charge in [0.05, 0.1) is 5.56 Å². The Kier molecular flexibility index (Phi) is 4.42. The number of hydrogen-bond donors (Lipinski definition) is 1. The van der Waals surface area contributed by atoms with E-state index in [0.29, 0.717) is 11.1 Å². The zero-order valence-electron chi connectivity index (χ0n) is 10.9. The summed E-state index contributed by atoms with van der Waals surface area (Å²) in [5.41, 5.74) is 0.374. The van der Waals surface area contributed by atoms with Crippen molar-refractivity contribution in [3.63, 3.8) is 0 Å². The highest BCUT2D eigenvalue weighted by Crippen LogP contribution is 2.29. The van der Waals surface area contributed by atoms with Crippen LogP contribution in [0.4, 0.5) is 13.2 Å². The minimum absolute atomic E-state index is 0.279. The van der Waals surface area contributed by atoms with Crippen molar-refractivity contribution in [2.75, 3.05) is 0 Å². The zero-order chi connectivity index (χ0) is 15.3. The largest absolute Gasteiger partial charge is 0.416 e. The molecule has 2 aromatic rings. The number of alkyl halides is 3. The number of carbonyl (C=O) groups excluding carboxylic acids is 1. The van der Waals surface area contributed by atoms with Crippen LogP contribution in [-0.2, 0) is 6.18 Å². The molecule has 5 heteroatoms. The van der Waals surface area contributed by atoms with Crippen molar-refractivity contribution in [1.82, 2.24) is 5.32 Å². The van der Waals surface area contributed by atoms with Crippen LogP contribution in [0.15, 0.2) is 60.8 Å². The summed E-state index contributed by atoms with van der Waals surface area (Å²) in [5, 5.41) is 2.55. The van der Waals surface area contributed by atoms with E-state index in [1.165, 1.54) is 24.4 Å². The van der Waals surface area contributed by atoms with Gasteiger partial charge in [-0.2, -0.15) is 13.2 Å². The lowest BCUT2D eigenvalue weighted by molar-refractivity contribution is -0.137. The minimum Gasteiger partial charge on any atom is -0.329 e. The maximum atomic E-state index is 12.4. The van der Waals surface area contributed by atoms with Gasteiger partial charge in [0.1, 0.15) is 0 Å². The smallest absolute Gasteiger partial charge is 0.329 e. The standard InChI is InChI=1S/C16H12F3NO/c17-16(18,19)14-8-6-12(7-9-14)10-11-20-15(21)13-4-2-1-3-5-13/h1-11H,(H,20,21)/b11-10+. The molecule has 0 bridgehead atoms. The molecule has 0 aliphatic rings. The monoisotopic (exact) mass is 291 g/mol. The number of amides is 1. The van der Waals surface area contributed by atoms with Crippen LogP contribution in [0.5, 0.6) is 0 Å². The Labute approximate surface area is 119 Å². The van der Waals surface area contributed by atoms with Crippen molar-refractivity contribution in [1.29, 1.82) is 0 Å². The highest BCUT2D eigenvalue weighted by Gasteiger charge is 2.29. The van der Waals surface area contributed by atoms with Crippen molar-refractivity contribution in [2.45, 2.75) is 6.18 Å². The molecule has 1 amide bonds. The summed E-state index contributed by atoms with van der Waals surface area (Å²) in [6, 6.07) is 13.3. The van der Waals surface area contributed by atoms with E-state index in [-0.39, 0.29) is 5.91 Å². The van der Waals surface area contributed by atoms with Crippen LogP contribution in [0.3, 0.4) is 0 Å². The molecule has 0 aliphatic carbocycles. The number of carbonyl (C=O) groups is 1. The van der Waals surface area contributed by atoms with Gasteiger partial charge in [0.15, 0.2) is 0 Å². The van der Waals surface area contributed by atoms with Crippen LogP contribution in [-0.4, -0.2) is 5.91 Å². The van der Waals surface area contributed by atoms with E-state index in [1.54, 1.807) is 30.3 Å². The van der Waals surface area contributed by atoms with Gasteiger partial charge in [-0.1, -0.05) is 30.3 Å². The number of benzene rings is 2. The predicted molar refractivity (Wildman–Crippen MR) is 74.4 cm³/mol. The van der Waals surface area contributed by atoms with Gasteiger partial charge in [0, 0.05) is 11.8 Å². The summed E-state index contributed by atoms with van der Waals surface area (Å²) in [7, 11) is 0. The molecule has 2 rings (SSSR count). The summed E-state index contributed by atoms with van der Waals surface area (Å²) in [5.74, 6) is -0.279. The lowest BCUT2D eigenvalue weighted by atomic mass is 10.1. The second-order valence-electron chi connectivity index (χ2n) is 4.29. The van der Waals surface area contributed by atoms with Crippen molar-refractivity contribution in [2.24, 2.45) is 0 Å². The molecular formula is C16H12F3NO. The second-order valence-corrected chi connectivity index (χ2v) is 4.29. The average molecular weight is 291 g/mol. The second kappa shape index (κ2) is 6.26. The average Bonchev–Trinajstić information content (AvgIpc) is 2.47. The molecule has 0 heterocycles. The summed E-state index contributed by atoms with van der Waals surface area (Å²) in [4.78, 5) is 11.7. The Morgan fingerprint density at radius 3 is 2.14 bits per heavy atom. The third-order valence-electron chi connectivity index (χ3n) is 2.76. The summed E-state index contributed by atoms with van der Waals surface area (Å²) in [6.45, 7) is 0. The van der Waals surface area contributed by atoms with E-state index in [1.807, 2.05) is 0 Å². The highest BCUT2D eigenvalue weighted by atomic mass is 19.4. The SMILES string of the molecule is O=C(N/C=C/c1ccc(C(F)(F)F)cc1)c1ccccc1. The predicted octanol–water partition coefficient (Wildman–Crippen LogP) is 4.11. The maximum absolute atomic E-state index is 12.4. The number of nitrogens with one attached hydrogen (secondary N) is 1. The minimum atomic E-state index is -4.34. The normalized spacial score (nSPS) is 11.6. The van der Waals surface area contributed by atoms with Crippen LogP contribution in [0, 0.1) is 0 Å². The first-order valence-electron chi connectivity index (χ1n) is 6.16. The topological polar surface area (TPSA) is 29.1 Å². The molecule has 0 unspecified atom stereocenters. The van der Waals surface area contributed by atoms with Crippen molar-refractivity contribution in [3.05, 3.63) is 77.5 Å². The molecule has 2 aromatic carbocycles. The molecule has 0 saturated carbocycles. The van der Waals surface area contributed by atoms with Crippen LogP contribution >= 0.6 is 0 Å². The van der Waals surface area contributed by atoms with Gasteiger partial charge in [-0.05, 0) is 35.9 Å². The lowest BCUT2D eigenvalue weighted by Crippen LogP contribution is -2.16. The van der Waals surface area contributed by atoms with E-state index < -0.39 is 11.7 Å². The molecular weight excluding hydrogens is 279 g/mol. The Morgan fingerprint density at radius 1 is 0.952 bits per heavy atom. The third-order valence-corrected chi connectivity index (χ3v) is 2.76. The quantitative estimate of drug-likeness (QED) is 0.906. The first-order chi connectivity index (χ1) is 9.97.